The van der Waals surface area contributed by atoms with E-state index in [-0.39, 0.29) is 0 Å². The Hall–Kier alpha value is -1.35. The van der Waals surface area contributed by atoms with E-state index in [1.807, 2.05) is 18.2 Å². The average Bonchev–Trinajstić information content (AvgIpc) is 2.61. The molecule has 102 valence electrons. The zero-order valence-electron chi connectivity index (χ0n) is 11.3. The second-order valence-corrected chi connectivity index (χ2v) is 5.72. The Morgan fingerprint density at radius 1 is 1.21 bits per heavy atom. The van der Waals surface area contributed by atoms with Crippen LogP contribution in [0.4, 0.5) is 0 Å². The van der Waals surface area contributed by atoms with E-state index in [0.717, 1.165) is 32.5 Å². The van der Waals surface area contributed by atoms with E-state index in [4.69, 9.17) is 0 Å². The molecule has 1 aromatic carbocycles. The summed E-state index contributed by atoms with van der Waals surface area (Å²) in [6.45, 7) is 2.83. The molecule has 1 N–H and O–H groups in total. The van der Waals surface area contributed by atoms with Gasteiger partial charge >= 0.3 is 0 Å². The van der Waals surface area contributed by atoms with Crippen LogP contribution in [0.3, 0.4) is 0 Å². The second-order valence-electron chi connectivity index (χ2n) is 5.72. The molecular formula is C16H22N2O. The van der Waals surface area contributed by atoms with Crippen LogP contribution in [0.15, 0.2) is 30.3 Å². The third kappa shape index (κ3) is 2.81. The molecule has 0 aliphatic carbocycles. The average molecular weight is 258 g/mol. The summed E-state index contributed by atoms with van der Waals surface area (Å²) in [5.41, 5.74) is 1.24. The summed E-state index contributed by atoms with van der Waals surface area (Å²) in [5, 5.41) is 3.45. The highest BCUT2D eigenvalue weighted by molar-refractivity contribution is 5.77. The fourth-order valence-corrected chi connectivity index (χ4v) is 3.43. The molecule has 0 saturated carbocycles. The van der Waals surface area contributed by atoms with Crippen molar-refractivity contribution in [1.82, 2.24) is 10.2 Å². The Kier molecular flexibility index (Phi) is 3.83. The molecule has 1 amide bonds. The maximum atomic E-state index is 12.4. The Morgan fingerprint density at radius 3 is 2.89 bits per heavy atom. The number of piperidine rings is 1. The van der Waals surface area contributed by atoms with E-state index >= 15 is 0 Å². The molecule has 1 aromatic rings. The lowest BCUT2D eigenvalue weighted by molar-refractivity contribution is -0.134. The molecule has 3 nitrogen and oxygen atoms in total. The van der Waals surface area contributed by atoms with Crippen molar-refractivity contribution in [2.24, 2.45) is 5.92 Å². The maximum Gasteiger partial charge on any atom is 0.223 e. The number of likely N-dealkylation sites (tertiary alicyclic amines) is 1. The van der Waals surface area contributed by atoms with Crippen molar-refractivity contribution < 1.29 is 4.79 Å². The molecule has 0 radical (unpaired) electrons. The number of benzene rings is 1. The smallest absolute Gasteiger partial charge is 0.223 e. The van der Waals surface area contributed by atoms with Crippen LogP contribution in [-0.4, -0.2) is 29.9 Å². The topological polar surface area (TPSA) is 32.3 Å². The van der Waals surface area contributed by atoms with E-state index in [1.54, 1.807) is 0 Å². The van der Waals surface area contributed by atoms with Crippen molar-refractivity contribution in [1.29, 1.82) is 0 Å². The molecule has 2 fully saturated rings. The Bertz CT molecular complexity index is 432. The summed E-state index contributed by atoms with van der Waals surface area (Å²) < 4.78 is 0. The fraction of sp³-hybridized carbons (Fsp3) is 0.562. The van der Waals surface area contributed by atoms with E-state index in [9.17, 15) is 4.79 Å². The number of rotatable bonds is 2. The van der Waals surface area contributed by atoms with Crippen LogP contribution in [-0.2, 0) is 11.3 Å². The summed E-state index contributed by atoms with van der Waals surface area (Å²) in [7, 11) is 0. The molecule has 0 bridgehead atoms. The second kappa shape index (κ2) is 5.74. The third-order valence-corrected chi connectivity index (χ3v) is 4.47. The van der Waals surface area contributed by atoms with Crippen molar-refractivity contribution in [2.45, 2.75) is 38.3 Å². The fourth-order valence-electron chi connectivity index (χ4n) is 3.43. The molecule has 2 saturated heterocycles. The van der Waals surface area contributed by atoms with Crippen LogP contribution >= 0.6 is 0 Å². The molecule has 3 rings (SSSR count). The number of nitrogens with zero attached hydrogens (tertiary/aromatic N) is 1. The quantitative estimate of drug-likeness (QED) is 0.882. The highest BCUT2D eigenvalue weighted by Crippen LogP contribution is 2.29. The monoisotopic (exact) mass is 258 g/mol. The van der Waals surface area contributed by atoms with Gasteiger partial charge in [0.1, 0.15) is 0 Å². The van der Waals surface area contributed by atoms with E-state index < -0.39 is 0 Å². The molecule has 2 heterocycles. The lowest BCUT2D eigenvalue weighted by Crippen LogP contribution is -2.51. The molecule has 19 heavy (non-hydrogen) atoms. The first-order valence-electron chi connectivity index (χ1n) is 7.39. The van der Waals surface area contributed by atoms with Crippen molar-refractivity contribution in [2.75, 3.05) is 13.1 Å². The Balaban J connectivity index is 1.80. The first-order valence-corrected chi connectivity index (χ1v) is 7.39. The van der Waals surface area contributed by atoms with E-state index in [2.05, 4.69) is 22.3 Å². The maximum absolute atomic E-state index is 12.4. The summed E-state index contributed by atoms with van der Waals surface area (Å²) in [5.74, 6) is 1.02. The molecule has 0 aromatic heterocycles. The largest absolute Gasteiger partial charge is 0.334 e. The van der Waals surface area contributed by atoms with Gasteiger partial charge in [-0.2, -0.15) is 0 Å². The van der Waals surface area contributed by atoms with Gasteiger partial charge in [0.2, 0.25) is 5.91 Å². The first kappa shape index (κ1) is 12.7. The lowest BCUT2D eigenvalue weighted by Gasteiger charge is -2.38. The summed E-state index contributed by atoms with van der Waals surface area (Å²) >= 11 is 0. The molecule has 0 spiro atoms. The van der Waals surface area contributed by atoms with E-state index in [0.29, 0.717) is 17.9 Å². The molecule has 2 unspecified atom stereocenters. The van der Waals surface area contributed by atoms with Gasteiger partial charge in [-0.25, -0.2) is 0 Å². The number of nitrogens with one attached hydrogen (secondary N) is 1. The van der Waals surface area contributed by atoms with Gasteiger partial charge in [0, 0.05) is 25.6 Å². The SMILES string of the molecule is O=C1CCCC2CCNCC2N1Cc1ccccc1. The standard InChI is InChI=1S/C16H22N2O/c19-16-8-4-7-14-9-10-17-11-15(14)18(16)12-13-5-2-1-3-6-13/h1-3,5-6,14-15,17H,4,7-12H2. The van der Waals surface area contributed by atoms with Gasteiger partial charge in [0.25, 0.3) is 0 Å². The van der Waals surface area contributed by atoms with Crippen LogP contribution in [0.1, 0.15) is 31.2 Å². The van der Waals surface area contributed by atoms with Crippen molar-refractivity contribution in [3.63, 3.8) is 0 Å². The van der Waals surface area contributed by atoms with Crippen LogP contribution < -0.4 is 5.32 Å². The molecule has 3 heteroatoms. The minimum atomic E-state index is 0.333. The summed E-state index contributed by atoms with van der Waals surface area (Å²) in [6.07, 6.45) is 4.21. The highest BCUT2D eigenvalue weighted by atomic mass is 16.2. The lowest BCUT2D eigenvalue weighted by atomic mass is 9.88. The molecular weight excluding hydrogens is 236 g/mol. The minimum absolute atomic E-state index is 0.333. The van der Waals surface area contributed by atoms with Crippen molar-refractivity contribution in [3.8, 4) is 0 Å². The predicted molar refractivity (Wildman–Crippen MR) is 75.6 cm³/mol. The first-order chi connectivity index (χ1) is 9.34. The summed E-state index contributed by atoms with van der Waals surface area (Å²) in [6, 6.07) is 10.7. The van der Waals surface area contributed by atoms with Gasteiger partial charge in [-0.15, -0.1) is 0 Å². The number of carbonyl (C=O) groups is 1. The number of carbonyl (C=O) groups excluding carboxylic acids is 1. The normalized spacial score (nSPS) is 27.8. The van der Waals surface area contributed by atoms with Gasteiger partial charge in [0.15, 0.2) is 0 Å². The number of hydrogen-bond donors (Lipinski definition) is 1. The Labute approximate surface area is 115 Å². The third-order valence-electron chi connectivity index (χ3n) is 4.47. The van der Waals surface area contributed by atoms with Crippen molar-refractivity contribution >= 4 is 5.91 Å². The van der Waals surface area contributed by atoms with Gasteiger partial charge in [-0.3, -0.25) is 4.79 Å². The minimum Gasteiger partial charge on any atom is -0.334 e. The van der Waals surface area contributed by atoms with Gasteiger partial charge in [-0.1, -0.05) is 30.3 Å². The zero-order valence-corrected chi connectivity index (χ0v) is 11.3. The number of amides is 1. The summed E-state index contributed by atoms with van der Waals surface area (Å²) in [4.78, 5) is 14.5. The van der Waals surface area contributed by atoms with Crippen LogP contribution in [0.5, 0.6) is 0 Å². The zero-order chi connectivity index (χ0) is 13.1. The molecule has 2 aliphatic heterocycles. The van der Waals surface area contributed by atoms with Crippen LogP contribution in [0.25, 0.3) is 0 Å². The van der Waals surface area contributed by atoms with Gasteiger partial charge in [0.05, 0.1) is 0 Å². The van der Waals surface area contributed by atoms with Gasteiger partial charge in [-0.05, 0) is 37.3 Å². The number of fused-ring (bicyclic) bond motifs is 1. The highest BCUT2D eigenvalue weighted by Gasteiger charge is 2.34. The van der Waals surface area contributed by atoms with Gasteiger partial charge < -0.3 is 10.2 Å². The van der Waals surface area contributed by atoms with Crippen LogP contribution in [0.2, 0.25) is 0 Å². The Morgan fingerprint density at radius 2 is 2.05 bits per heavy atom. The number of hydrogen-bond acceptors (Lipinski definition) is 2. The van der Waals surface area contributed by atoms with Crippen LogP contribution in [0, 0.1) is 5.92 Å². The molecule has 2 atom stereocenters. The van der Waals surface area contributed by atoms with E-state index in [1.165, 1.54) is 18.4 Å². The van der Waals surface area contributed by atoms with Crippen molar-refractivity contribution in [3.05, 3.63) is 35.9 Å². The predicted octanol–water partition coefficient (Wildman–Crippen LogP) is 2.18. The molecule has 2 aliphatic rings.